The van der Waals surface area contributed by atoms with Crippen LogP contribution in [0.1, 0.15) is 52.5 Å². The standard InChI is InChI=1S/C19H21NO3/c1-3-13(2)14-8-10-15(11-9-14)17(21)12-23-18-7-5-4-6-16(18)19(20)22/h4-11,13H,3,12H2,1-2H3,(H2,20,22)/t13-/m0/s1. The van der Waals surface area contributed by atoms with E-state index in [4.69, 9.17) is 10.5 Å². The molecule has 0 aromatic heterocycles. The Balaban J connectivity index is 2.04. The Bertz CT molecular complexity index is 692. The van der Waals surface area contributed by atoms with E-state index >= 15 is 0 Å². The molecule has 0 saturated heterocycles. The molecule has 0 heterocycles. The highest BCUT2D eigenvalue weighted by Crippen LogP contribution is 2.20. The van der Waals surface area contributed by atoms with Crippen LogP contribution in [0.25, 0.3) is 0 Å². The normalized spacial score (nSPS) is 11.7. The number of ether oxygens (including phenoxy) is 1. The van der Waals surface area contributed by atoms with Crippen molar-refractivity contribution in [1.29, 1.82) is 0 Å². The molecular weight excluding hydrogens is 290 g/mol. The molecule has 120 valence electrons. The van der Waals surface area contributed by atoms with Crippen molar-refractivity contribution in [2.45, 2.75) is 26.2 Å². The van der Waals surface area contributed by atoms with Crippen molar-refractivity contribution < 1.29 is 14.3 Å². The predicted octanol–water partition coefficient (Wildman–Crippen LogP) is 3.56. The summed E-state index contributed by atoms with van der Waals surface area (Å²) in [6, 6.07) is 14.2. The third-order valence-electron chi connectivity index (χ3n) is 3.93. The Morgan fingerprint density at radius 2 is 1.74 bits per heavy atom. The molecule has 2 rings (SSSR count). The summed E-state index contributed by atoms with van der Waals surface area (Å²) in [6.07, 6.45) is 1.06. The lowest BCUT2D eigenvalue weighted by atomic mass is 9.97. The zero-order valence-electron chi connectivity index (χ0n) is 13.4. The second-order valence-corrected chi connectivity index (χ2v) is 5.50. The van der Waals surface area contributed by atoms with Gasteiger partial charge in [-0.05, 0) is 30.0 Å². The Labute approximate surface area is 136 Å². The molecule has 0 radical (unpaired) electrons. The number of benzene rings is 2. The molecule has 0 aliphatic heterocycles. The topological polar surface area (TPSA) is 69.4 Å². The van der Waals surface area contributed by atoms with Crippen LogP contribution in [0, 0.1) is 0 Å². The number of carbonyl (C=O) groups excluding carboxylic acids is 2. The first-order chi connectivity index (χ1) is 11.0. The zero-order chi connectivity index (χ0) is 16.8. The number of carbonyl (C=O) groups is 2. The minimum atomic E-state index is -0.578. The maximum atomic E-state index is 12.2. The summed E-state index contributed by atoms with van der Waals surface area (Å²) in [5.41, 5.74) is 7.36. The van der Waals surface area contributed by atoms with Crippen molar-refractivity contribution in [2.24, 2.45) is 5.73 Å². The van der Waals surface area contributed by atoms with E-state index in [0.717, 1.165) is 6.42 Å². The molecule has 0 aliphatic carbocycles. The van der Waals surface area contributed by atoms with E-state index in [2.05, 4.69) is 13.8 Å². The van der Waals surface area contributed by atoms with Crippen molar-refractivity contribution in [3.63, 3.8) is 0 Å². The van der Waals surface area contributed by atoms with Gasteiger partial charge in [0.25, 0.3) is 5.91 Å². The first-order valence-electron chi connectivity index (χ1n) is 7.67. The van der Waals surface area contributed by atoms with Gasteiger partial charge in [0.05, 0.1) is 5.56 Å². The van der Waals surface area contributed by atoms with Gasteiger partial charge in [0.1, 0.15) is 5.75 Å². The average molecular weight is 311 g/mol. The van der Waals surface area contributed by atoms with Gasteiger partial charge in [0.2, 0.25) is 0 Å². The lowest BCUT2D eigenvalue weighted by Crippen LogP contribution is -2.16. The van der Waals surface area contributed by atoms with Gasteiger partial charge < -0.3 is 10.5 Å². The molecule has 0 bridgehead atoms. The van der Waals surface area contributed by atoms with Gasteiger partial charge in [0.15, 0.2) is 12.4 Å². The van der Waals surface area contributed by atoms with Crippen molar-refractivity contribution >= 4 is 11.7 Å². The third kappa shape index (κ3) is 4.19. The second-order valence-electron chi connectivity index (χ2n) is 5.50. The Morgan fingerprint density at radius 3 is 2.35 bits per heavy atom. The molecule has 0 saturated carbocycles. The number of hydrogen-bond donors (Lipinski definition) is 1. The quantitative estimate of drug-likeness (QED) is 0.795. The highest BCUT2D eigenvalue weighted by molar-refractivity contribution is 5.98. The molecule has 2 aromatic rings. The van der Waals surface area contributed by atoms with Crippen LogP contribution < -0.4 is 10.5 Å². The highest BCUT2D eigenvalue weighted by atomic mass is 16.5. The fraction of sp³-hybridized carbons (Fsp3) is 0.263. The first-order valence-corrected chi connectivity index (χ1v) is 7.67. The number of rotatable bonds is 7. The number of primary amides is 1. The fourth-order valence-electron chi connectivity index (χ4n) is 2.26. The number of hydrogen-bond acceptors (Lipinski definition) is 3. The van der Waals surface area contributed by atoms with E-state index in [-0.39, 0.29) is 18.0 Å². The van der Waals surface area contributed by atoms with Crippen LogP contribution >= 0.6 is 0 Å². The molecule has 2 aromatic carbocycles. The number of para-hydroxylation sites is 1. The molecule has 23 heavy (non-hydrogen) atoms. The minimum Gasteiger partial charge on any atom is -0.485 e. The van der Waals surface area contributed by atoms with E-state index in [0.29, 0.717) is 17.2 Å². The van der Waals surface area contributed by atoms with Gasteiger partial charge in [-0.1, -0.05) is 50.2 Å². The van der Waals surface area contributed by atoms with E-state index in [1.807, 2.05) is 24.3 Å². The Kier molecular flexibility index (Phi) is 5.52. The van der Waals surface area contributed by atoms with Crippen molar-refractivity contribution in [3.05, 3.63) is 65.2 Å². The van der Waals surface area contributed by atoms with Crippen LogP contribution in [-0.4, -0.2) is 18.3 Å². The SMILES string of the molecule is CC[C@H](C)c1ccc(C(=O)COc2ccccc2C(N)=O)cc1. The maximum Gasteiger partial charge on any atom is 0.252 e. The Hall–Kier alpha value is -2.62. The van der Waals surface area contributed by atoms with Crippen LogP contribution in [0.4, 0.5) is 0 Å². The van der Waals surface area contributed by atoms with Gasteiger partial charge in [-0.15, -0.1) is 0 Å². The van der Waals surface area contributed by atoms with Crippen LogP contribution in [-0.2, 0) is 0 Å². The minimum absolute atomic E-state index is 0.132. The molecule has 2 N–H and O–H groups in total. The summed E-state index contributed by atoms with van der Waals surface area (Å²) in [5.74, 6) is 0.0772. The maximum absolute atomic E-state index is 12.2. The molecule has 1 amide bonds. The van der Waals surface area contributed by atoms with Crippen LogP contribution in [0.5, 0.6) is 5.75 Å². The number of Topliss-reactive ketones (excluding diaryl/α,β-unsaturated/α-hetero) is 1. The van der Waals surface area contributed by atoms with E-state index in [1.54, 1.807) is 24.3 Å². The lowest BCUT2D eigenvalue weighted by Gasteiger charge is -2.11. The smallest absolute Gasteiger partial charge is 0.252 e. The van der Waals surface area contributed by atoms with Crippen LogP contribution in [0.3, 0.4) is 0 Å². The molecule has 0 spiro atoms. The number of nitrogens with two attached hydrogens (primary N) is 1. The number of ketones is 1. The van der Waals surface area contributed by atoms with Gasteiger partial charge in [-0.2, -0.15) is 0 Å². The van der Waals surface area contributed by atoms with Crippen molar-refractivity contribution in [1.82, 2.24) is 0 Å². The zero-order valence-corrected chi connectivity index (χ0v) is 13.4. The number of amides is 1. The van der Waals surface area contributed by atoms with Crippen molar-refractivity contribution in [2.75, 3.05) is 6.61 Å². The summed E-state index contributed by atoms with van der Waals surface area (Å²) in [7, 11) is 0. The van der Waals surface area contributed by atoms with Crippen molar-refractivity contribution in [3.8, 4) is 5.75 Å². The molecular formula is C19H21NO3. The summed E-state index contributed by atoms with van der Waals surface area (Å²) < 4.78 is 5.46. The van der Waals surface area contributed by atoms with Crippen LogP contribution in [0.15, 0.2) is 48.5 Å². The highest BCUT2D eigenvalue weighted by Gasteiger charge is 2.12. The summed E-state index contributed by atoms with van der Waals surface area (Å²) in [6.45, 7) is 4.15. The van der Waals surface area contributed by atoms with Gasteiger partial charge in [-0.3, -0.25) is 9.59 Å². The molecule has 4 nitrogen and oxygen atoms in total. The van der Waals surface area contributed by atoms with E-state index < -0.39 is 5.91 Å². The average Bonchev–Trinajstić information content (AvgIpc) is 2.59. The third-order valence-corrected chi connectivity index (χ3v) is 3.93. The fourth-order valence-corrected chi connectivity index (χ4v) is 2.26. The van der Waals surface area contributed by atoms with Gasteiger partial charge in [-0.25, -0.2) is 0 Å². The Morgan fingerprint density at radius 1 is 1.09 bits per heavy atom. The second kappa shape index (κ2) is 7.58. The largest absolute Gasteiger partial charge is 0.485 e. The van der Waals surface area contributed by atoms with Crippen LogP contribution in [0.2, 0.25) is 0 Å². The summed E-state index contributed by atoms with van der Waals surface area (Å²) >= 11 is 0. The van der Waals surface area contributed by atoms with E-state index in [9.17, 15) is 9.59 Å². The molecule has 0 unspecified atom stereocenters. The monoisotopic (exact) mass is 311 g/mol. The summed E-state index contributed by atoms with van der Waals surface area (Å²) in [5, 5.41) is 0. The first kappa shape index (κ1) is 16.7. The molecule has 4 heteroatoms. The molecule has 0 fully saturated rings. The van der Waals surface area contributed by atoms with Gasteiger partial charge >= 0.3 is 0 Å². The predicted molar refractivity (Wildman–Crippen MR) is 89.9 cm³/mol. The molecule has 0 aliphatic rings. The summed E-state index contributed by atoms with van der Waals surface area (Å²) in [4.78, 5) is 23.5. The lowest BCUT2D eigenvalue weighted by molar-refractivity contribution is 0.0912. The molecule has 1 atom stereocenters. The van der Waals surface area contributed by atoms with Gasteiger partial charge in [0, 0.05) is 5.56 Å². The van der Waals surface area contributed by atoms with E-state index in [1.165, 1.54) is 5.56 Å².